The smallest absolute Gasteiger partial charge is 0.238 e. The SMILES string of the molecule is C=C1C=CC(N2CCCN(C(C)c3ccc4cccnc4n3)CC2)=CN1NC(=O)CCCC. The lowest BCUT2D eigenvalue weighted by Crippen LogP contribution is -2.40. The highest BCUT2D eigenvalue weighted by atomic mass is 16.2. The third-order valence-corrected chi connectivity index (χ3v) is 6.38. The molecule has 2 aliphatic rings. The summed E-state index contributed by atoms with van der Waals surface area (Å²) >= 11 is 0. The van der Waals surface area contributed by atoms with Gasteiger partial charge >= 0.3 is 0 Å². The first-order valence-electron chi connectivity index (χ1n) is 11.9. The molecule has 33 heavy (non-hydrogen) atoms. The van der Waals surface area contributed by atoms with Gasteiger partial charge in [0, 0.05) is 50.2 Å². The number of hydrazine groups is 1. The van der Waals surface area contributed by atoms with E-state index >= 15 is 0 Å². The minimum Gasteiger partial charge on any atom is -0.369 e. The topological polar surface area (TPSA) is 64.6 Å². The fourth-order valence-electron chi connectivity index (χ4n) is 4.31. The Morgan fingerprint density at radius 1 is 1.18 bits per heavy atom. The van der Waals surface area contributed by atoms with Gasteiger partial charge in [-0.2, -0.15) is 0 Å². The normalized spacial score (nSPS) is 18.2. The molecule has 1 fully saturated rings. The Labute approximate surface area is 196 Å². The first kappa shape index (κ1) is 23.0. The zero-order valence-corrected chi connectivity index (χ0v) is 19.7. The van der Waals surface area contributed by atoms with Crippen LogP contribution in [0.3, 0.4) is 0 Å². The van der Waals surface area contributed by atoms with Crippen molar-refractivity contribution in [2.24, 2.45) is 0 Å². The van der Waals surface area contributed by atoms with Gasteiger partial charge in [0.05, 0.1) is 23.3 Å². The second-order valence-corrected chi connectivity index (χ2v) is 8.73. The molecule has 174 valence electrons. The molecule has 0 bridgehead atoms. The maximum atomic E-state index is 12.2. The molecule has 1 N–H and O–H groups in total. The largest absolute Gasteiger partial charge is 0.369 e. The average molecular weight is 447 g/mol. The number of fused-ring (bicyclic) bond motifs is 1. The second-order valence-electron chi connectivity index (χ2n) is 8.73. The number of allylic oxidation sites excluding steroid dienone is 2. The highest BCUT2D eigenvalue weighted by Crippen LogP contribution is 2.24. The van der Waals surface area contributed by atoms with Gasteiger partial charge in [0.1, 0.15) is 0 Å². The molecule has 0 aromatic carbocycles. The van der Waals surface area contributed by atoms with Crippen molar-refractivity contribution >= 4 is 16.9 Å². The zero-order chi connectivity index (χ0) is 23.2. The van der Waals surface area contributed by atoms with E-state index in [9.17, 15) is 4.79 Å². The number of nitrogens with zero attached hydrogens (tertiary/aromatic N) is 5. The Morgan fingerprint density at radius 3 is 2.91 bits per heavy atom. The molecule has 1 saturated heterocycles. The van der Waals surface area contributed by atoms with E-state index in [4.69, 9.17) is 4.98 Å². The van der Waals surface area contributed by atoms with Crippen LogP contribution in [0.1, 0.15) is 51.3 Å². The maximum Gasteiger partial charge on any atom is 0.238 e. The molecule has 0 aliphatic carbocycles. The van der Waals surface area contributed by atoms with E-state index in [0.717, 1.165) is 73.6 Å². The lowest BCUT2D eigenvalue weighted by Gasteiger charge is -2.31. The van der Waals surface area contributed by atoms with Gasteiger partial charge < -0.3 is 4.90 Å². The summed E-state index contributed by atoms with van der Waals surface area (Å²) in [5.74, 6) is 0.0251. The molecule has 2 aliphatic heterocycles. The molecule has 1 amide bonds. The minimum absolute atomic E-state index is 0.0251. The van der Waals surface area contributed by atoms with Crippen LogP contribution in [-0.4, -0.2) is 56.9 Å². The van der Waals surface area contributed by atoms with E-state index in [1.165, 1.54) is 0 Å². The number of aromatic nitrogens is 2. The molecular weight excluding hydrogens is 412 g/mol. The van der Waals surface area contributed by atoms with Crippen molar-refractivity contribution in [2.45, 2.75) is 45.6 Å². The van der Waals surface area contributed by atoms with Crippen molar-refractivity contribution in [1.82, 2.24) is 30.2 Å². The fourth-order valence-corrected chi connectivity index (χ4v) is 4.31. The molecule has 4 heterocycles. The van der Waals surface area contributed by atoms with Crippen LogP contribution in [0, 0.1) is 0 Å². The monoisotopic (exact) mass is 446 g/mol. The van der Waals surface area contributed by atoms with Crippen LogP contribution in [0.5, 0.6) is 0 Å². The molecule has 0 spiro atoms. The van der Waals surface area contributed by atoms with Gasteiger partial charge in [-0.05, 0) is 56.2 Å². The lowest BCUT2D eigenvalue weighted by atomic mass is 10.1. The van der Waals surface area contributed by atoms with Crippen molar-refractivity contribution in [3.8, 4) is 0 Å². The molecule has 1 atom stereocenters. The highest BCUT2D eigenvalue weighted by Gasteiger charge is 2.23. The molecule has 7 heteroatoms. The lowest BCUT2D eigenvalue weighted by molar-refractivity contribution is -0.124. The van der Waals surface area contributed by atoms with E-state index in [-0.39, 0.29) is 11.9 Å². The van der Waals surface area contributed by atoms with Crippen molar-refractivity contribution in [3.63, 3.8) is 0 Å². The summed E-state index contributed by atoms with van der Waals surface area (Å²) < 4.78 is 0. The molecule has 7 nitrogen and oxygen atoms in total. The first-order chi connectivity index (χ1) is 16.0. The number of unbranched alkanes of at least 4 members (excludes halogenated alkanes) is 1. The van der Waals surface area contributed by atoms with Crippen molar-refractivity contribution in [3.05, 3.63) is 72.5 Å². The van der Waals surface area contributed by atoms with E-state index in [1.807, 2.05) is 24.4 Å². The van der Waals surface area contributed by atoms with E-state index < -0.39 is 0 Å². The minimum atomic E-state index is 0.0251. The molecule has 2 aromatic rings. The number of rotatable bonds is 7. The van der Waals surface area contributed by atoms with E-state index in [0.29, 0.717) is 6.42 Å². The summed E-state index contributed by atoms with van der Waals surface area (Å²) in [7, 11) is 0. The first-order valence-corrected chi connectivity index (χ1v) is 11.9. The number of pyridine rings is 2. The zero-order valence-electron chi connectivity index (χ0n) is 19.7. The number of nitrogens with one attached hydrogen (secondary N) is 1. The van der Waals surface area contributed by atoms with Crippen LogP contribution in [0.15, 0.2) is 66.8 Å². The number of amides is 1. The summed E-state index contributed by atoms with van der Waals surface area (Å²) in [6, 6.07) is 8.44. The Kier molecular flexibility index (Phi) is 7.40. The van der Waals surface area contributed by atoms with Gasteiger partial charge in [-0.25, -0.2) is 9.97 Å². The predicted octanol–water partition coefficient (Wildman–Crippen LogP) is 4.15. The molecule has 2 aromatic heterocycles. The Hall–Kier alpha value is -3.19. The standard InChI is InChI=1S/C26H34N6O/c1-4-5-9-25(33)29-32-19-23(12-10-20(32)2)31-16-7-15-30(17-18-31)21(3)24-13-11-22-8-6-14-27-26(22)28-24/h6,8,10-14,19,21H,2,4-5,7,9,15-18H2,1,3H3,(H,29,33). The van der Waals surface area contributed by atoms with Crippen LogP contribution >= 0.6 is 0 Å². The molecule has 0 saturated carbocycles. The van der Waals surface area contributed by atoms with Gasteiger partial charge in [-0.15, -0.1) is 0 Å². The van der Waals surface area contributed by atoms with Gasteiger partial charge in [0.2, 0.25) is 5.91 Å². The quantitative estimate of drug-likeness (QED) is 0.689. The fraction of sp³-hybridized carbons (Fsp3) is 0.423. The van der Waals surface area contributed by atoms with Gasteiger partial charge in [-0.1, -0.05) is 19.9 Å². The molecule has 0 radical (unpaired) electrons. The summed E-state index contributed by atoms with van der Waals surface area (Å²) in [6.07, 6.45) is 11.3. The van der Waals surface area contributed by atoms with E-state index in [2.05, 4.69) is 58.8 Å². The van der Waals surface area contributed by atoms with Gasteiger partial charge in [0.15, 0.2) is 5.65 Å². The third kappa shape index (κ3) is 5.60. The predicted molar refractivity (Wildman–Crippen MR) is 132 cm³/mol. The van der Waals surface area contributed by atoms with Crippen LogP contribution in [0.2, 0.25) is 0 Å². The maximum absolute atomic E-state index is 12.2. The highest BCUT2D eigenvalue weighted by molar-refractivity contribution is 5.75. The number of carbonyl (C=O) groups is 1. The van der Waals surface area contributed by atoms with Crippen molar-refractivity contribution in [2.75, 3.05) is 26.2 Å². The van der Waals surface area contributed by atoms with Crippen LogP contribution in [0.4, 0.5) is 0 Å². The summed E-state index contributed by atoms with van der Waals surface area (Å²) in [4.78, 5) is 26.3. The summed E-state index contributed by atoms with van der Waals surface area (Å²) in [6.45, 7) is 12.2. The second kappa shape index (κ2) is 10.6. The number of hydrogen-bond donors (Lipinski definition) is 1. The van der Waals surface area contributed by atoms with Crippen molar-refractivity contribution < 1.29 is 4.79 Å². The van der Waals surface area contributed by atoms with Crippen LogP contribution in [-0.2, 0) is 4.79 Å². The average Bonchev–Trinajstić information content (AvgIpc) is 3.10. The van der Waals surface area contributed by atoms with Gasteiger partial charge in [0.25, 0.3) is 0 Å². The van der Waals surface area contributed by atoms with Crippen LogP contribution < -0.4 is 5.43 Å². The number of hydrogen-bond acceptors (Lipinski definition) is 6. The summed E-state index contributed by atoms with van der Waals surface area (Å²) in [5.41, 5.74) is 6.70. The Morgan fingerprint density at radius 2 is 2.06 bits per heavy atom. The number of carbonyl (C=O) groups excluding carboxylic acids is 1. The van der Waals surface area contributed by atoms with E-state index in [1.54, 1.807) is 11.2 Å². The third-order valence-electron chi connectivity index (χ3n) is 6.38. The Bertz CT molecular complexity index is 1060. The van der Waals surface area contributed by atoms with Crippen molar-refractivity contribution in [1.29, 1.82) is 0 Å². The van der Waals surface area contributed by atoms with Crippen LogP contribution in [0.25, 0.3) is 11.0 Å². The molecular formula is C26H34N6O. The Balaban J connectivity index is 1.40. The molecule has 4 rings (SSSR count). The molecule has 1 unspecified atom stereocenters. The summed E-state index contributed by atoms with van der Waals surface area (Å²) in [5, 5.41) is 2.82. The van der Waals surface area contributed by atoms with Gasteiger partial charge in [-0.3, -0.25) is 20.1 Å².